The van der Waals surface area contributed by atoms with Gasteiger partial charge in [-0.2, -0.15) is 0 Å². The summed E-state index contributed by atoms with van der Waals surface area (Å²) in [6.07, 6.45) is 0.219. The highest BCUT2D eigenvalue weighted by Gasteiger charge is 2.38. The molecule has 0 aliphatic rings. The van der Waals surface area contributed by atoms with Crippen molar-refractivity contribution in [3.05, 3.63) is 71.8 Å². The van der Waals surface area contributed by atoms with E-state index in [0.29, 0.717) is 12.0 Å². The van der Waals surface area contributed by atoms with Gasteiger partial charge in [-0.3, -0.25) is 9.59 Å². The SMILES string of the molecule is CCC(C)N(C(=O)C(Cc1ccccc1)NC(=O)OC(C)(C)C)C(C(=O)NC(C)C)c1ccccc1. The molecule has 3 atom stereocenters. The van der Waals surface area contributed by atoms with Crippen LogP contribution < -0.4 is 10.6 Å². The van der Waals surface area contributed by atoms with Crippen LogP contribution in [0.15, 0.2) is 60.7 Å². The molecule has 3 amide bonds. The standard InChI is InChI=1S/C29H41N3O4/c1-8-21(4)32(25(26(33)30-20(2)3)23-17-13-10-14-18-23)27(34)24(19-22-15-11-9-12-16-22)31-28(35)36-29(5,6)7/h9-18,20-21,24-25H,8,19H2,1-7H3,(H,30,33)(H,31,35). The molecule has 7 heteroatoms. The van der Waals surface area contributed by atoms with E-state index in [4.69, 9.17) is 4.74 Å². The molecule has 36 heavy (non-hydrogen) atoms. The summed E-state index contributed by atoms with van der Waals surface area (Å²) in [4.78, 5) is 42.1. The average Bonchev–Trinajstić information content (AvgIpc) is 2.80. The molecule has 2 rings (SSSR count). The smallest absolute Gasteiger partial charge is 0.408 e. The molecule has 0 aromatic heterocycles. The molecule has 0 bridgehead atoms. The Morgan fingerprint density at radius 3 is 1.94 bits per heavy atom. The summed E-state index contributed by atoms with van der Waals surface area (Å²) in [5.74, 6) is -0.604. The zero-order chi connectivity index (χ0) is 26.9. The summed E-state index contributed by atoms with van der Waals surface area (Å²) >= 11 is 0. The van der Waals surface area contributed by atoms with Gasteiger partial charge in [-0.1, -0.05) is 67.6 Å². The highest BCUT2D eigenvalue weighted by molar-refractivity contribution is 5.92. The molecule has 2 aromatic rings. The number of rotatable bonds is 10. The number of benzene rings is 2. The number of amides is 3. The number of hydrogen-bond acceptors (Lipinski definition) is 4. The number of ether oxygens (including phenoxy) is 1. The van der Waals surface area contributed by atoms with Crippen LogP contribution in [0.3, 0.4) is 0 Å². The highest BCUT2D eigenvalue weighted by Crippen LogP contribution is 2.27. The Hall–Kier alpha value is -3.35. The van der Waals surface area contributed by atoms with Crippen molar-refractivity contribution < 1.29 is 19.1 Å². The highest BCUT2D eigenvalue weighted by atomic mass is 16.6. The van der Waals surface area contributed by atoms with E-state index in [1.807, 2.05) is 88.4 Å². The molecule has 7 nitrogen and oxygen atoms in total. The third-order valence-corrected chi connectivity index (χ3v) is 5.66. The van der Waals surface area contributed by atoms with Crippen LogP contribution in [0.5, 0.6) is 0 Å². The Morgan fingerprint density at radius 1 is 0.889 bits per heavy atom. The fraction of sp³-hybridized carbons (Fsp3) is 0.483. The van der Waals surface area contributed by atoms with Gasteiger partial charge in [0, 0.05) is 18.5 Å². The van der Waals surface area contributed by atoms with Crippen molar-refractivity contribution in [2.24, 2.45) is 0 Å². The van der Waals surface area contributed by atoms with Gasteiger partial charge in [-0.15, -0.1) is 0 Å². The first-order valence-electron chi connectivity index (χ1n) is 12.6. The van der Waals surface area contributed by atoms with E-state index in [-0.39, 0.29) is 30.3 Å². The topological polar surface area (TPSA) is 87.7 Å². The van der Waals surface area contributed by atoms with Gasteiger partial charge in [0.15, 0.2) is 0 Å². The van der Waals surface area contributed by atoms with Crippen LogP contribution in [0.4, 0.5) is 4.79 Å². The minimum Gasteiger partial charge on any atom is -0.444 e. The maximum absolute atomic E-state index is 14.2. The Kier molecular flexibility index (Phi) is 10.5. The van der Waals surface area contributed by atoms with Crippen molar-refractivity contribution >= 4 is 17.9 Å². The molecule has 0 radical (unpaired) electrons. The van der Waals surface area contributed by atoms with E-state index in [1.165, 1.54) is 0 Å². The van der Waals surface area contributed by atoms with Crippen molar-refractivity contribution in [1.29, 1.82) is 0 Å². The molecule has 0 saturated carbocycles. The lowest BCUT2D eigenvalue weighted by Gasteiger charge is -2.38. The lowest BCUT2D eigenvalue weighted by molar-refractivity contribution is -0.145. The molecule has 0 spiro atoms. The normalized spacial score (nSPS) is 13.9. The Morgan fingerprint density at radius 2 is 1.44 bits per heavy atom. The van der Waals surface area contributed by atoms with Crippen molar-refractivity contribution in [3.63, 3.8) is 0 Å². The van der Waals surface area contributed by atoms with Gasteiger partial charge in [-0.05, 0) is 59.1 Å². The van der Waals surface area contributed by atoms with Gasteiger partial charge in [0.25, 0.3) is 0 Å². The molecular formula is C29H41N3O4. The maximum Gasteiger partial charge on any atom is 0.408 e. The largest absolute Gasteiger partial charge is 0.444 e. The lowest BCUT2D eigenvalue weighted by atomic mass is 9.98. The number of hydrogen-bond donors (Lipinski definition) is 2. The molecule has 2 N–H and O–H groups in total. The zero-order valence-corrected chi connectivity index (χ0v) is 22.6. The van der Waals surface area contributed by atoms with Crippen LogP contribution in [-0.4, -0.2) is 46.5 Å². The van der Waals surface area contributed by atoms with Crippen LogP contribution >= 0.6 is 0 Å². The second-order valence-electron chi connectivity index (χ2n) is 10.4. The van der Waals surface area contributed by atoms with Crippen LogP contribution in [-0.2, 0) is 20.7 Å². The predicted molar refractivity (Wildman–Crippen MR) is 142 cm³/mol. The Balaban J connectivity index is 2.53. The lowest BCUT2D eigenvalue weighted by Crippen LogP contribution is -2.56. The number of nitrogens with zero attached hydrogens (tertiary/aromatic N) is 1. The molecular weight excluding hydrogens is 454 g/mol. The summed E-state index contributed by atoms with van der Waals surface area (Å²) in [6, 6.07) is 16.6. The summed E-state index contributed by atoms with van der Waals surface area (Å²) in [5.41, 5.74) is 0.879. The molecule has 0 aliphatic carbocycles. The summed E-state index contributed by atoms with van der Waals surface area (Å²) in [5, 5.41) is 5.75. The molecule has 0 heterocycles. The van der Waals surface area contributed by atoms with E-state index in [1.54, 1.807) is 25.7 Å². The van der Waals surface area contributed by atoms with Gasteiger partial charge in [0.05, 0.1) is 0 Å². The first-order valence-corrected chi connectivity index (χ1v) is 12.6. The molecule has 0 aliphatic heterocycles. The third kappa shape index (κ3) is 8.70. The second kappa shape index (κ2) is 13.1. The Bertz CT molecular complexity index is 987. The van der Waals surface area contributed by atoms with Gasteiger partial charge in [0.1, 0.15) is 17.7 Å². The van der Waals surface area contributed by atoms with Gasteiger partial charge in [-0.25, -0.2) is 4.79 Å². The van der Waals surface area contributed by atoms with E-state index in [9.17, 15) is 14.4 Å². The molecule has 3 unspecified atom stereocenters. The molecule has 0 fully saturated rings. The minimum absolute atomic E-state index is 0.0994. The van der Waals surface area contributed by atoms with Crippen molar-refractivity contribution in [2.75, 3.05) is 0 Å². The fourth-order valence-corrected chi connectivity index (χ4v) is 3.91. The molecule has 0 saturated heterocycles. The zero-order valence-electron chi connectivity index (χ0n) is 22.6. The van der Waals surface area contributed by atoms with Gasteiger partial charge >= 0.3 is 6.09 Å². The number of carbonyl (C=O) groups excluding carboxylic acids is 3. The van der Waals surface area contributed by atoms with E-state index in [2.05, 4.69) is 10.6 Å². The monoisotopic (exact) mass is 495 g/mol. The van der Waals surface area contributed by atoms with Gasteiger partial charge < -0.3 is 20.3 Å². The van der Waals surface area contributed by atoms with Crippen molar-refractivity contribution in [2.45, 2.75) is 91.1 Å². The minimum atomic E-state index is -0.922. The molecule has 2 aromatic carbocycles. The first-order chi connectivity index (χ1) is 16.9. The van der Waals surface area contributed by atoms with E-state index >= 15 is 0 Å². The summed E-state index contributed by atoms with van der Waals surface area (Å²) in [6.45, 7) is 13.0. The first kappa shape index (κ1) is 28.9. The third-order valence-electron chi connectivity index (χ3n) is 5.66. The van der Waals surface area contributed by atoms with E-state index < -0.39 is 23.8 Å². The van der Waals surface area contributed by atoms with Gasteiger partial charge in [0.2, 0.25) is 11.8 Å². The van der Waals surface area contributed by atoms with Crippen LogP contribution in [0.2, 0.25) is 0 Å². The number of nitrogens with one attached hydrogen (secondary N) is 2. The predicted octanol–water partition coefficient (Wildman–Crippen LogP) is 5.02. The van der Waals surface area contributed by atoms with E-state index in [0.717, 1.165) is 5.56 Å². The van der Waals surface area contributed by atoms with Crippen molar-refractivity contribution in [1.82, 2.24) is 15.5 Å². The Labute approximate surface area is 215 Å². The summed E-state index contributed by atoms with van der Waals surface area (Å²) in [7, 11) is 0. The molecule has 196 valence electrons. The number of alkyl carbamates (subject to hydrolysis) is 1. The van der Waals surface area contributed by atoms with Crippen LogP contribution in [0.1, 0.15) is 72.1 Å². The summed E-state index contributed by atoms with van der Waals surface area (Å²) < 4.78 is 5.47. The maximum atomic E-state index is 14.2. The van der Waals surface area contributed by atoms with Crippen LogP contribution in [0, 0.1) is 0 Å². The number of carbonyl (C=O) groups is 3. The fourth-order valence-electron chi connectivity index (χ4n) is 3.91. The van der Waals surface area contributed by atoms with Crippen LogP contribution in [0.25, 0.3) is 0 Å². The van der Waals surface area contributed by atoms with Crippen molar-refractivity contribution in [3.8, 4) is 0 Å². The second-order valence-corrected chi connectivity index (χ2v) is 10.4. The average molecular weight is 496 g/mol. The quantitative estimate of drug-likeness (QED) is 0.485.